The van der Waals surface area contributed by atoms with E-state index in [1.54, 1.807) is 25.2 Å². The van der Waals surface area contributed by atoms with E-state index in [0.29, 0.717) is 30.4 Å². The molecule has 2 N–H and O–H groups in total. The van der Waals surface area contributed by atoms with E-state index < -0.39 is 18.1 Å². The fourth-order valence-corrected chi connectivity index (χ4v) is 2.55. The first kappa shape index (κ1) is 15.4. The number of rotatable bonds is 3. The van der Waals surface area contributed by atoms with Crippen molar-refractivity contribution in [1.82, 2.24) is 0 Å². The van der Waals surface area contributed by atoms with Crippen LogP contribution < -0.4 is 20.1 Å². The third-order valence-corrected chi connectivity index (χ3v) is 3.74. The maximum absolute atomic E-state index is 12.4. The predicted octanol–water partition coefficient (Wildman–Crippen LogP) is 0.673. The van der Waals surface area contributed by atoms with Gasteiger partial charge in [-0.2, -0.15) is 0 Å². The molecule has 2 aliphatic rings. The van der Waals surface area contributed by atoms with E-state index in [2.05, 4.69) is 0 Å². The van der Waals surface area contributed by atoms with E-state index in [4.69, 9.17) is 24.7 Å². The third-order valence-electron chi connectivity index (χ3n) is 3.74. The smallest absolute Gasteiger partial charge is 0.405 e. The molecule has 1 aromatic rings. The first-order valence-corrected chi connectivity index (χ1v) is 7.29. The minimum absolute atomic E-state index is 0.00620. The van der Waals surface area contributed by atoms with Gasteiger partial charge in [0, 0.05) is 19.5 Å². The van der Waals surface area contributed by atoms with Crippen molar-refractivity contribution in [3.63, 3.8) is 0 Å². The lowest BCUT2D eigenvalue weighted by atomic mass is 10.2. The molecule has 0 saturated carbocycles. The van der Waals surface area contributed by atoms with Crippen LogP contribution in [0.2, 0.25) is 0 Å². The monoisotopic (exact) mass is 322 g/mol. The van der Waals surface area contributed by atoms with Gasteiger partial charge in [-0.15, -0.1) is 0 Å². The number of anilines is 1. The average molecular weight is 322 g/mol. The Labute approximate surface area is 133 Å². The molecule has 124 valence electrons. The lowest BCUT2D eigenvalue weighted by molar-refractivity contribution is -0.127. The first-order chi connectivity index (χ1) is 11.0. The van der Waals surface area contributed by atoms with Crippen LogP contribution in [0, 0.1) is 0 Å². The summed E-state index contributed by atoms with van der Waals surface area (Å²) in [4.78, 5) is 24.6. The SMILES string of the molecule is CN1C(=O)[C@@H](OC(N)=O)COc2ccc(O[C@@H]3CCOC3)cc21. The van der Waals surface area contributed by atoms with Crippen molar-refractivity contribution in [2.24, 2.45) is 5.73 Å². The number of benzene rings is 1. The van der Waals surface area contributed by atoms with Crippen LogP contribution in [0.1, 0.15) is 6.42 Å². The molecule has 23 heavy (non-hydrogen) atoms. The Kier molecular flexibility index (Phi) is 4.24. The van der Waals surface area contributed by atoms with E-state index in [1.807, 2.05) is 0 Å². The van der Waals surface area contributed by atoms with E-state index >= 15 is 0 Å². The van der Waals surface area contributed by atoms with Crippen LogP contribution in [0.4, 0.5) is 10.5 Å². The summed E-state index contributed by atoms with van der Waals surface area (Å²) in [7, 11) is 1.58. The van der Waals surface area contributed by atoms with Crippen LogP contribution in [0.25, 0.3) is 0 Å². The van der Waals surface area contributed by atoms with Crippen LogP contribution in [0.3, 0.4) is 0 Å². The summed E-state index contributed by atoms with van der Waals surface area (Å²) >= 11 is 0. The Morgan fingerprint density at radius 1 is 1.39 bits per heavy atom. The van der Waals surface area contributed by atoms with Crippen LogP contribution >= 0.6 is 0 Å². The topological polar surface area (TPSA) is 100 Å². The normalized spacial score (nSPS) is 23.7. The molecule has 0 spiro atoms. The van der Waals surface area contributed by atoms with Gasteiger partial charge in [-0.1, -0.05) is 0 Å². The lowest BCUT2D eigenvalue weighted by Crippen LogP contribution is -2.41. The number of carbonyl (C=O) groups excluding carboxylic acids is 2. The van der Waals surface area contributed by atoms with Gasteiger partial charge in [0.25, 0.3) is 5.91 Å². The second-order valence-corrected chi connectivity index (χ2v) is 5.37. The molecule has 0 radical (unpaired) electrons. The van der Waals surface area contributed by atoms with Gasteiger partial charge >= 0.3 is 6.09 Å². The molecule has 8 nitrogen and oxygen atoms in total. The summed E-state index contributed by atoms with van der Waals surface area (Å²) in [6.07, 6.45) is -1.25. The molecule has 0 aromatic heterocycles. The summed E-state index contributed by atoms with van der Waals surface area (Å²) in [5.41, 5.74) is 5.53. The lowest BCUT2D eigenvalue weighted by Gasteiger charge is -2.20. The number of primary amides is 1. The Morgan fingerprint density at radius 2 is 2.22 bits per heavy atom. The Morgan fingerprint density at radius 3 is 2.91 bits per heavy atom. The van der Waals surface area contributed by atoms with Crippen molar-refractivity contribution < 1.29 is 28.5 Å². The highest BCUT2D eigenvalue weighted by Gasteiger charge is 2.32. The molecule has 0 aliphatic carbocycles. The highest BCUT2D eigenvalue weighted by atomic mass is 16.6. The number of fused-ring (bicyclic) bond motifs is 1. The Bertz CT molecular complexity index is 614. The zero-order valence-electron chi connectivity index (χ0n) is 12.7. The largest absolute Gasteiger partial charge is 0.488 e. The number of hydrogen-bond acceptors (Lipinski definition) is 6. The fourth-order valence-electron chi connectivity index (χ4n) is 2.55. The molecule has 0 bridgehead atoms. The van der Waals surface area contributed by atoms with E-state index in [1.165, 1.54) is 4.90 Å². The number of ether oxygens (including phenoxy) is 4. The van der Waals surface area contributed by atoms with Crippen molar-refractivity contribution in [2.75, 3.05) is 31.8 Å². The summed E-state index contributed by atoms with van der Waals surface area (Å²) in [6, 6.07) is 5.21. The molecule has 2 amide bonds. The fraction of sp³-hybridized carbons (Fsp3) is 0.467. The molecular weight excluding hydrogens is 304 g/mol. The van der Waals surface area contributed by atoms with Gasteiger partial charge in [-0.25, -0.2) is 4.79 Å². The number of nitrogens with zero attached hydrogens (tertiary/aromatic N) is 1. The zero-order chi connectivity index (χ0) is 16.4. The molecule has 2 aliphatic heterocycles. The van der Waals surface area contributed by atoms with Crippen molar-refractivity contribution in [3.05, 3.63) is 18.2 Å². The predicted molar refractivity (Wildman–Crippen MR) is 79.7 cm³/mol. The molecule has 2 atom stereocenters. The quantitative estimate of drug-likeness (QED) is 0.878. The molecule has 1 aromatic carbocycles. The maximum Gasteiger partial charge on any atom is 0.405 e. The van der Waals surface area contributed by atoms with Gasteiger partial charge < -0.3 is 29.6 Å². The minimum Gasteiger partial charge on any atom is -0.488 e. The molecule has 8 heteroatoms. The molecular formula is C15H18N2O6. The number of nitrogens with two attached hydrogens (primary N) is 1. The Hall–Kier alpha value is -2.48. The summed E-state index contributed by atoms with van der Waals surface area (Å²) in [6.45, 7) is 1.15. The standard InChI is InChI=1S/C15H18N2O6/c1-17-11-6-9(22-10-4-5-20-7-10)2-3-12(11)21-8-13(14(17)18)23-15(16)19/h2-3,6,10,13H,4-5,7-8H2,1H3,(H2,16,19)/t10-,13+/m1/s1. The molecule has 1 fully saturated rings. The molecule has 2 heterocycles. The Balaban J connectivity index is 1.80. The van der Waals surface area contributed by atoms with Crippen LogP contribution in [0.5, 0.6) is 11.5 Å². The van der Waals surface area contributed by atoms with Crippen LogP contribution in [0.15, 0.2) is 18.2 Å². The van der Waals surface area contributed by atoms with Gasteiger partial charge in [0.05, 0.1) is 18.9 Å². The number of amides is 2. The minimum atomic E-state index is -1.07. The highest BCUT2D eigenvalue weighted by Crippen LogP contribution is 2.35. The van der Waals surface area contributed by atoms with Gasteiger partial charge in [-0.05, 0) is 12.1 Å². The van der Waals surface area contributed by atoms with Gasteiger partial charge in [0.2, 0.25) is 6.10 Å². The van der Waals surface area contributed by atoms with Crippen molar-refractivity contribution in [1.29, 1.82) is 0 Å². The van der Waals surface area contributed by atoms with Crippen LogP contribution in [-0.4, -0.2) is 51.1 Å². The zero-order valence-corrected chi connectivity index (χ0v) is 12.7. The van der Waals surface area contributed by atoms with Gasteiger partial charge in [0.1, 0.15) is 24.2 Å². The van der Waals surface area contributed by atoms with E-state index in [-0.39, 0.29) is 12.7 Å². The second-order valence-electron chi connectivity index (χ2n) is 5.37. The summed E-state index contributed by atoms with van der Waals surface area (Å²) < 4.78 is 21.5. The maximum atomic E-state index is 12.4. The summed E-state index contributed by atoms with van der Waals surface area (Å²) in [5.74, 6) is 0.715. The second kappa shape index (κ2) is 6.33. The highest BCUT2D eigenvalue weighted by molar-refractivity contribution is 5.99. The van der Waals surface area contributed by atoms with Gasteiger partial charge in [-0.3, -0.25) is 4.79 Å². The van der Waals surface area contributed by atoms with Crippen molar-refractivity contribution >= 4 is 17.7 Å². The number of carbonyl (C=O) groups is 2. The molecule has 0 unspecified atom stereocenters. The van der Waals surface area contributed by atoms with Gasteiger partial charge in [0.15, 0.2) is 0 Å². The van der Waals surface area contributed by atoms with E-state index in [0.717, 1.165) is 6.42 Å². The van der Waals surface area contributed by atoms with Crippen LogP contribution in [-0.2, 0) is 14.3 Å². The first-order valence-electron chi connectivity index (χ1n) is 7.29. The average Bonchev–Trinajstić information content (AvgIpc) is 2.99. The molecule has 3 rings (SSSR count). The third kappa shape index (κ3) is 3.31. The van der Waals surface area contributed by atoms with E-state index in [9.17, 15) is 9.59 Å². The summed E-state index contributed by atoms with van der Waals surface area (Å²) in [5, 5.41) is 0. The number of hydrogen-bond donors (Lipinski definition) is 1. The van der Waals surface area contributed by atoms with Crippen molar-refractivity contribution in [3.8, 4) is 11.5 Å². The number of likely N-dealkylation sites (N-methyl/N-ethyl adjacent to an activating group) is 1. The molecule has 1 saturated heterocycles. The van der Waals surface area contributed by atoms with Crippen molar-refractivity contribution in [2.45, 2.75) is 18.6 Å².